The van der Waals surface area contributed by atoms with Gasteiger partial charge < -0.3 is 0 Å². The first-order valence-electron chi connectivity index (χ1n) is 10.3. The summed E-state index contributed by atoms with van der Waals surface area (Å²) in [6.07, 6.45) is 2.80. The maximum Gasteiger partial charge on any atom is 0.212 e. The molecule has 0 aromatic heterocycles. The lowest BCUT2D eigenvalue weighted by Crippen LogP contribution is -2.62. The summed E-state index contributed by atoms with van der Waals surface area (Å²) in [4.78, 5) is 37.2. The molecule has 12 nitrogen and oxygen atoms in total. The molecular formula is C18H31N3O9S3. The van der Waals surface area contributed by atoms with Gasteiger partial charge in [0.1, 0.15) is 5.78 Å². The molecule has 5 atom stereocenters. The molecule has 0 aromatic rings. The average molecular weight is 530 g/mol. The van der Waals surface area contributed by atoms with Gasteiger partial charge in [0.15, 0.2) is 11.6 Å². The van der Waals surface area contributed by atoms with Crippen molar-refractivity contribution in [3.63, 3.8) is 0 Å². The number of ketones is 3. The smallest absolute Gasteiger partial charge is 0.212 e. The summed E-state index contributed by atoms with van der Waals surface area (Å²) in [5.41, 5.74) is 0. The lowest BCUT2D eigenvalue weighted by molar-refractivity contribution is -0.130. The van der Waals surface area contributed by atoms with Crippen LogP contribution >= 0.6 is 0 Å². The Labute approximate surface area is 195 Å². The molecule has 33 heavy (non-hydrogen) atoms. The summed E-state index contributed by atoms with van der Waals surface area (Å²) in [5, 5.41) is 0. The fourth-order valence-electron chi connectivity index (χ4n) is 4.62. The molecule has 0 bridgehead atoms. The van der Waals surface area contributed by atoms with E-state index in [1.807, 2.05) is 0 Å². The number of nitrogens with zero attached hydrogens (tertiary/aromatic N) is 2. The van der Waals surface area contributed by atoms with E-state index in [0.717, 1.165) is 27.4 Å². The van der Waals surface area contributed by atoms with Crippen LogP contribution in [-0.2, 0) is 44.5 Å². The SMILES string of the molecule is CC(=O)[C@@H]1CC(CC(=O)[C@@H]2CCC(CC(=O)[C@H](C)NS(C)(=O)=O)N2S(C)(=O)=O)N1S(C)(=O)=O. The molecule has 0 spiro atoms. The molecule has 2 unspecified atom stereocenters. The van der Waals surface area contributed by atoms with Crippen molar-refractivity contribution in [2.45, 2.75) is 76.2 Å². The van der Waals surface area contributed by atoms with Crippen LogP contribution < -0.4 is 4.72 Å². The van der Waals surface area contributed by atoms with Gasteiger partial charge in [0, 0.05) is 24.9 Å². The molecular weight excluding hydrogens is 498 g/mol. The van der Waals surface area contributed by atoms with E-state index in [2.05, 4.69) is 4.72 Å². The Morgan fingerprint density at radius 2 is 1.36 bits per heavy atom. The molecule has 0 aliphatic carbocycles. The second kappa shape index (κ2) is 9.77. The molecule has 190 valence electrons. The van der Waals surface area contributed by atoms with Gasteiger partial charge in [-0.25, -0.2) is 30.0 Å². The Morgan fingerprint density at radius 3 is 1.82 bits per heavy atom. The minimum absolute atomic E-state index is 0.152. The van der Waals surface area contributed by atoms with Crippen LogP contribution in [-0.4, -0.2) is 100 Å². The zero-order valence-electron chi connectivity index (χ0n) is 19.2. The molecule has 2 aliphatic rings. The number of sulfonamides is 3. The van der Waals surface area contributed by atoms with Gasteiger partial charge in [-0.15, -0.1) is 0 Å². The predicted molar refractivity (Wildman–Crippen MR) is 120 cm³/mol. The van der Waals surface area contributed by atoms with Crippen molar-refractivity contribution in [2.24, 2.45) is 0 Å². The summed E-state index contributed by atoms with van der Waals surface area (Å²) >= 11 is 0. The number of carbonyl (C=O) groups excluding carboxylic acids is 3. The number of hydrogen-bond acceptors (Lipinski definition) is 9. The van der Waals surface area contributed by atoms with E-state index in [0.29, 0.717) is 0 Å². The number of carbonyl (C=O) groups is 3. The van der Waals surface area contributed by atoms with E-state index in [9.17, 15) is 39.6 Å². The Balaban J connectivity index is 2.16. The monoisotopic (exact) mass is 529 g/mol. The van der Waals surface area contributed by atoms with Crippen molar-refractivity contribution in [2.75, 3.05) is 18.8 Å². The number of rotatable bonds is 11. The highest BCUT2D eigenvalue weighted by molar-refractivity contribution is 7.89. The average Bonchev–Trinajstić information content (AvgIpc) is 2.98. The molecule has 0 amide bonds. The molecule has 15 heteroatoms. The zero-order valence-corrected chi connectivity index (χ0v) is 21.7. The van der Waals surface area contributed by atoms with Gasteiger partial charge in [0.2, 0.25) is 30.1 Å². The second-order valence-corrected chi connectivity index (χ2v) is 14.5. The van der Waals surface area contributed by atoms with Crippen LogP contribution in [0.25, 0.3) is 0 Å². The first kappa shape index (κ1) is 28.0. The van der Waals surface area contributed by atoms with E-state index in [4.69, 9.17) is 0 Å². The van der Waals surface area contributed by atoms with Crippen molar-refractivity contribution in [1.82, 2.24) is 13.3 Å². The Morgan fingerprint density at radius 1 is 0.848 bits per heavy atom. The van der Waals surface area contributed by atoms with E-state index in [-0.39, 0.29) is 37.9 Å². The van der Waals surface area contributed by atoms with Gasteiger partial charge in [-0.05, 0) is 33.1 Å². The maximum absolute atomic E-state index is 13.0. The van der Waals surface area contributed by atoms with E-state index >= 15 is 0 Å². The van der Waals surface area contributed by atoms with Gasteiger partial charge in [-0.2, -0.15) is 8.61 Å². The minimum Gasteiger partial charge on any atom is -0.298 e. The van der Waals surface area contributed by atoms with Crippen LogP contribution in [0, 0.1) is 0 Å². The van der Waals surface area contributed by atoms with Crippen LogP contribution in [0.15, 0.2) is 0 Å². The first-order chi connectivity index (χ1) is 14.8. The van der Waals surface area contributed by atoms with Crippen molar-refractivity contribution >= 4 is 47.4 Å². The number of Topliss-reactive ketones (excluding diaryl/α,β-unsaturated/α-hetero) is 3. The molecule has 2 saturated heterocycles. The van der Waals surface area contributed by atoms with Gasteiger partial charge in [0.25, 0.3) is 0 Å². The molecule has 0 aromatic carbocycles. The van der Waals surface area contributed by atoms with Gasteiger partial charge in [0.05, 0.1) is 36.9 Å². The van der Waals surface area contributed by atoms with E-state index in [1.54, 1.807) is 0 Å². The summed E-state index contributed by atoms with van der Waals surface area (Å²) in [5.74, 6) is -1.34. The second-order valence-electron chi connectivity index (χ2n) is 8.90. The van der Waals surface area contributed by atoms with E-state index in [1.165, 1.54) is 13.8 Å². The number of nitrogens with one attached hydrogen (secondary N) is 1. The fraction of sp³-hybridized carbons (Fsp3) is 0.833. The lowest BCUT2D eigenvalue weighted by atomic mass is 9.89. The highest BCUT2D eigenvalue weighted by atomic mass is 32.2. The molecule has 2 heterocycles. The van der Waals surface area contributed by atoms with Gasteiger partial charge >= 0.3 is 0 Å². The summed E-state index contributed by atoms with van der Waals surface area (Å²) < 4.78 is 75.9. The maximum atomic E-state index is 13.0. The highest BCUT2D eigenvalue weighted by Crippen LogP contribution is 2.35. The third kappa shape index (κ3) is 6.88. The zero-order chi connectivity index (χ0) is 25.5. The van der Waals surface area contributed by atoms with Crippen LogP contribution in [0.2, 0.25) is 0 Å². The molecule has 1 N–H and O–H groups in total. The fourth-order valence-corrected chi connectivity index (χ4v) is 8.20. The standard InChI is InChI=1S/C18H31N3O9S3/c1-11(19-31(3,25)26)17(23)9-13-6-7-15(20(13)32(4,27)28)18(24)10-14-8-16(12(2)22)21(14)33(5,29)30/h11,13-16,19H,6-10H2,1-5H3/t11-,13?,14?,15-,16-/m0/s1. The van der Waals surface area contributed by atoms with Crippen molar-refractivity contribution in [3.05, 3.63) is 0 Å². The summed E-state index contributed by atoms with van der Waals surface area (Å²) in [6, 6.07) is -4.50. The Kier molecular flexibility index (Phi) is 8.29. The quantitative estimate of drug-likeness (QED) is 0.339. The molecule has 0 saturated carbocycles. The van der Waals surface area contributed by atoms with Gasteiger partial charge in [-0.1, -0.05) is 0 Å². The molecule has 2 aliphatic heterocycles. The number of hydrogen-bond donors (Lipinski definition) is 1. The van der Waals surface area contributed by atoms with Crippen molar-refractivity contribution in [3.8, 4) is 0 Å². The van der Waals surface area contributed by atoms with Crippen molar-refractivity contribution < 1.29 is 39.6 Å². The third-order valence-corrected chi connectivity index (χ3v) is 9.38. The summed E-state index contributed by atoms with van der Waals surface area (Å²) in [7, 11) is -11.3. The minimum atomic E-state index is -3.91. The molecule has 0 radical (unpaired) electrons. The largest absolute Gasteiger partial charge is 0.298 e. The topological polar surface area (TPSA) is 172 Å². The lowest BCUT2D eigenvalue weighted by Gasteiger charge is -2.45. The highest BCUT2D eigenvalue weighted by Gasteiger charge is 2.50. The Hall–Kier alpha value is -1.26. The Bertz CT molecular complexity index is 1130. The van der Waals surface area contributed by atoms with Crippen LogP contribution in [0.5, 0.6) is 0 Å². The van der Waals surface area contributed by atoms with Crippen molar-refractivity contribution in [1.29, 1.82) is 0 Å². The molecule has 2 fully saturated rings. The van der Waals surface area contributed by atoms with E-state index < -0.39 is 71.8 Å². The van der Waals surface area contributed by atoms with Crippen LogP contribution in [0.3, 0.4) is 0 Å². The van der Waals surface area contributed by atoms with Crippen LogP contribution in [0.4, 0.5) is 0 Å². The normalized spacial score (nSPS) is 28.3. The third-order valence-electron chi connectivity index (χ3n) is 5.96. The first-order valence-corrected chi connectivity index (χ1v) is 15.9. The molecule has 2 rings (SSSR count). The van der Waals surface area contributed by atoms with Gasteiger partial charge in [-0.3, -0.25) is 14.4 Å². The summed E-state index contributed by atoms with van der Waals surface area (Å²) in [6.45, 7) is 2.62. The predicted octanol–water partition coefficient (Wildman–Crippen LogP) is -1.37. The van der Waals surface area contributed by atoms with Crippen LogP contribution in [0.1, 0.15) is 46.0 Å².